The van der Waals surface area contributed by atoms with Gasteiger partial charge in [0.2, 0.25) is 0 Å². The molecular weight excluding hydrogens is 377 g/mol. The summed E-state index contributed by atoms with van der Waals surface area (Å²) in [6, 6.07) is 15.0. The van der Waals surface area contributed by atoms with Crippen molar-refractivity contribution >= 4 is 40.0 Å². The monoisotopic (exact) mass is 397 g/mol. The van der Waals surface area contributed by atoms with Crippen LogP contribution in [0.5, 0.6) is 0 Å². The Bertz CT molecular complexity index is 753. The van der Waals surface area contributed by atoms with Crippen molar-refractivity contribution < 1.29 is 4.21 Å². The summed E-state index contributed by atoms with van der Waals surface area (Å²) in [5.74, 6) is 1.25. The van der Waals surface area contributed by atoms with Gasteiger partial charge in [-0.3, -0.25) is 9.20 Å². The van der Waals surface area contributed by atoms with E-state index >= 15 is 0 Å². The Morgan fingerprint density at radius 1 is 1.16 bits per heavy atom. The van der Waals surface area contributed by atoms with E-state index in [-0.39, 0.29) is 0 Å². The molecule has 0 spiro atoms. The van der Waals surface area contributed by atoms with Gasteiger partial charge < -0.3 is 10.2 Å². The lowest BCUT2D eigenvalue weighted by Crippen LogP contribution is -2.40. The second-order valence-corrected chi connectivity index (χ2v) is 7.83. The third-order valence-electron chi connectivity index (χ3n) is 3.55. The number of nitrogens with zero attached hydrogens (tertiary/aromatic N) is 2. The van der Waals surface area contributed by atoms with E-state index in [1.807, 2.05) is 54.4 Å². The van der Waals surface area contributed by atoms with E-state index in [1.165, 1.54) is 0 Å². The summed E-state index contributed by atoms with van der Waals surface area (Å²) < 4.78 is 12.2. The number of nitrogens with one attached hydrogen (secondary N) is 1. The molecule has 2 rings (SSSR count). The third-order valence-corrected chi connectivity index (χ3v) is 5.67. The van der Waals surface area contributed by atoms with Gasteiger partial charge in [-0.1, -0.05) is 47.5 Å². The van der Waals surface area contributed by atoms with Crippen molar-refractivity contribution in [1.29, 1.82) is 0 Å². The van der Waals surface area contributed by atoms with Crippen LogP contribution in [0.2, 0.25) is 10.0 Å². The van der Waals surface area contributed by atoms with Gasteiger partial charge in [0.1, 0.15) is 0 Å². The Kier molecular flexibility index (Phi) is 7.75. The molecule has 0 fully saturated rings. The van der Waals surface area contributed by atoms with Crippen LogP contribution in [0, 0.1) is 0 Å². The molecular formula is C18H21Cl2N3OS. The zero-order valence-electron chi connectivity index (χ0n) is 14.2. The fourth-order valence-electron chi connectivity index (χ4n) is 2.32. The molecule has 0 amide bonds. The zero-order chi connectivity index (χ0) is 18.2. The molecule has 25 heavy (non-hydrogen) atoms. The topological polar surface area (TPSA) is 44.7 Å². The quantitative estimate of drug-likeness (QED) is 0.595. The van der Waals surface area contributed by atoms with E-state index in [0.717, 1.165) is 16.4 Å². The van der Waals surface area contributed by atoms with Gasteiger partial charge in [-0.05, 0) is 29.8 Å². The number of benzene rings is 2. The van der Waals surface area contributed by atoms with Gasteiger partial charge in [-0.2, -0.15) is 0 Å². The van der Waals surface area contributed by atoms with E-state index in [0.29, 0.717) is 28.9 Å². The predicted octanol–water partition coefficient (Wildman–Crippen LogP) is 3.81. The summed E-state index contributed by atoms with van der Waals surface area (Å²) in [7, 11) is 2.63. The van der Waals surface area contributed by atoms with Crippen LogP contribution in [0.3, 0.4) is 0 Å². The number of hydrogen-bond acceptors (Lipinski definition) is 2. The van der Waals surface area contributed by atoms with Crippen LogP contribution in [0.25, 0.3) is 0 Å². The minimum atomic E-state index is -1.03. The van der Waals surface area contributed by atoms with Crippen LogP contribution in [0.4, 0.5) is 0 Å². The first-order valence-electron chi connectivity index (χ1n) is 7.80. The van der Waals surface area contributed by atoms with Crippen LogP contribution in [-0.2, 0) is 17.3 Å². The molecule has 0 bridgehead atoms. The standard InChI is InChI=1S/C18H21Cl2N3OS/c1-21-18(22-10-11-25(24)15-6-4-3-5-7-15)23(2)13-14-8-9-16(19)17(20)12-14/h3-9,12H,10-11,13H2,1-2H3,(H,21,22). The summed E-state index contributed by atoms with van der Waals surface area (Å²) in [6.07, 6.45) is 0. The van der Waals surface area contributed by atoms with Gasteiger partial charge in [0.15, 0.2) is 5.96 Å². The summed E-state index contributed by atoms with van der Waals surface area (Å²) in [4.78, 5) is 7.08. The fourth-order valence-corrected chi connectivity index (χ4v) is 3.62. The Balaban J connectivity index is 1.87. The maximum absolute atomic E-state index is 12.2. The molecule has 0 radical (unpaired) electrons. The van der Waals surface area contributed by atoms with Crippen molar-refractivity contribution in [3.05, 3.63) is 64.1 Å². The predicted molar refractivity (Wildman–Crippen MR) is 107 cm³/mol. The largest absolute Gasteiger partial charge is 0.355 e. The Hall–Kier alpha value is -1.56. The molecule has 0 aliphatic rings. The van der Waals surface area contributed by atoms with Crippen molar-refractivity contribution in [2.24, 2.45) is 4.99 Å². The van der Waals surface area contributed by atoms with Crippen molar-refractivity contribution in [3.8, 4) is 0 Å². The second kappa shape index (κ2) is 9.80. The number of hydrogen-bond donors (Lipinski definition) is 1. The highest BCUT2D eigenvalue weighted by molar-refractivity contribution is 7.85. The number of aliphatic imine (C=N–C) groups is 1. The van der Waals surface area contributed by atoms with E-state index in [2.05, 4.69) is 10.3 Å². The van der Waals surface area contributed by atoms with Gasteiger partial charge in [0, 0.05) is 37.8 Å². The van der Waals surface area contributed by atoms with Crippen LogP contribution >= 0.6 is 23.2 Å². The van der Waals surface area contributed by atoms with Gasteiger partial charge >= 0.3 is 0 Å². The minimum absolute atomic E-state index is 0.518. The number of rotatable bonds is 6. The van der Waals surface area contributed by atoms with Crippen molar-refractivity contribution in [2.75, 3.05) is 26.4 Å². The van der Waals surface area contributed by atoms with E-state index < -0.39 is 10.8 Å². The number of halogens is 2. The molecule has 0 aliphatic carbocycles. The Labute approximate surface area is 161 Å². The Morgan fingerprint density at radius 3 is 2.52 bits per heavy atom. The van der Waals surface area contributed by atoms with E-state index in [4.69, 9.17) is 23.2 Å². The molecule has 0 saturated carbocycles. The summed E-state index contributed by atoms with van der Waals surface area (Å²) in [6.45, 7) is 1.21. The smallest absolute Gasteiger partial charge is 0.193 e. The van der Waals surface area contributed by atoms with Crippen LogP contribution in [0.1, 0.15) is 5.56 Å². The minimum Gasteiger partial charge on any atom is -0.355 e. The summed E-state index contributed by atoms with van der Waals surface area (Å²) in [5.41, 5.74) is 1.03. The summed E-state index contributed by atoms with van der Waals surface area (Å²) >= 11 is 12.0. The molecule has 2 aromatic rings. The van der Waals surface area contributed by atoms with Crippen molar-refractivity contribution in [2.45, 2.75) is 11.4 Å². The molecule has 2 aromatic carbocycles. The third kappa shape index (κ3) is 6.03. The molecule has 1 atom stereocenters. The second-order valence-electron chi connectivity index (χ2n) is 5.44. The highest BCUT2D eigenvalue weighted by Crippen LogP contribution is 2.23. The maximum Gasteiger partial charge on any atom is 0.193 e. The van der Waals surface area contributed by atoms with E-state index in [1.54, 1.807) is 13.1 Å². The fraction of sp³-hybridized carbons (Fsp3) is 0.278. The lowest BCUT2D eigenvalue weighted by Gasteiger charge is -2.22. The molecule has 1 unspecified atom stereocenters. The molecule has 0 aliphatic heterocycles. The van der Waals surface area contributed by atoms with Crippen LogP contribution < -0.4 is 5.32 Å². The highest BCUT2D eigenvalue weighted by atomic mass is 35.5. The molecule has 4 nitrogen and oxygen atoms in total. The molecule has 7 heteroatoms. The molecule has 0 heterocycles. The first-order chi connectivity index (χ1) is 12.0. The summed E-state index contributed by atoms with van der Waals surface area (Å²) in [5, 5.41) is 4.32. The SMILES string of the molecule is CN=C(NCCS(=O)c1ccccc1)N(C)Cc1ccc(Cl)c(Cl)c1. The van der Waals surface area contributed by atoms with E-state index in [9.17, 15) is 4.21 Å². The molecule has 1 N–H and O–H groups in total. The van der Waals surface area contributed by atoms with Gasteiger partial charge in [0.25, 0.3) is 0 Å². The molecule has 0 aromatic heterocycles. The lowest BCUT2D eigenvalue weighted by molar-refractivity contribution is 0.479. The van der Waals surface area contributed by atoms with Gasteiger partial charge in [-0.25, -0.2) is 0 Å². The van der Waals surface area contributed by atoms with Crippen molar-refractivity contribution in [3.63, 3.8) is 0 Å². The number of guanidine groups is 1. The van der Waals surface area contributed by atoms with Crippen LogP contribution in [-0.4, -0.2) is 41.5 Å². The van der Waals surface area contributed by atoms with Crippen molar-refractivity contribution in [1.82, 2.24) is 10.2 Å². The normalized spacial score (nSPS) is 12.7. The lowest BCUT2D eigenvalue weighted by atomic mass is 10.2. The first kappa shape index (κ1) is 19.8. The average molecular weight is 398 g/mol. The highest BCUT2D eigenvalue weighted by Gasteiger charge is 2.09. The average Bonchev–Trinajstić information content (AvgIpc) is 2.62. The zero-order valence-corrected chi connectivity index (χ0v) is 16.5. The first-order valence-corrected chi connectivity index (χ1v) is 9.88. The van der Waals surface area contributed by atoms with Gasteiger partial charge in [-0.15, -0.1) is 0 Å². The Morgan fingerprint density at radius 2 is 1.88 bits per heavy atom. The molecule has 134 valence electrons. The van der Waals surface area contributed by atoms with Crippen LogP contribution in [0.15, 0.2) is 58.4 Å². The van der Waals surface area contributed by atoms with Gasteiger partial charge in [0.05, 0.1) is 20.8 Å². The maximum atomic E-state index is 12.2. The molecule has 0 saturated heterocycles.